The summed E-state index contributed by atoms with van der Waals surface area (Å²) in [5, 5.41) is 1.27. The lowest BCUT2D eigenvalue weighted by atomic mass is 9.79. The molecule has 0 fully saturated rings. The summed E-state index contributed by atoms with van der Waals surface area (Å²) in [5.41, 5.74) is 4.36. The SMILES string of the molecule is CCCCC(=O)N1CCc2c([nH]c3ccccc23)C1CCC(CC)(c1cccc(F)c1)N(C)C. The molecule has 2 atom stereocenters. The van der Waals surface area contributed by atoms with E-state index < -0.39 is 0 Å². The number of rotatable bonds is 9. The van der Waals surface area contributed by atoms with Crippen molar-refractivity contribution in [2.45, 2.75) is 70.4 Å². The van der Waals surface area contributed by atoms with Gasteiger partial charge in [0.2, 0.25) is 5.91 Å². The first kappa shape index (κ1) is 24.5. The minimum Gasteiger partial charge on any atom is -0.356 e. The topological polar surface area (TPSA) is 39.3 Å². The molecule has 0 spiro atoms. The summed E-state index contributed by atoms with van der Waals surface area (Å²) in [7, 11) is 4.15. The van der Waals surface area contributed by atoms with Gasteiger partial charge in [0.1, 0.15) is 5.82 Å². The van der Waals surface area contributed by atoms with Crippen LogP contribution in [-0.2, 0) is 16.8 Å². The first-order valence-corrected chi connectivity index (χ1v) is 12.7. The predicted octanol–water partition coefficient (Wildman–Crippen LogP) is 6.57. The van der Waals surface area contributed by atoms with Crippen molar-refractivity contribution in [3.8, 4) is 0 Å². The van der Waals surface area contributed by atoms with Crippen LogP contribution in [0.1, 0.15) is 75.2 Å². The molecule has 0 saturated heterocycles. The van der Waals surface area contributed by atoms with Gasteiger partial charge in [-0.3, -0.25) is 9.69 Å². The zero-order chi connectivity index (χ0) is 24.3. The summed E-state index contributed by atoms with van der Waals surface area (Å²) in [4.78, 5) is 21.3. The van der Waals surface area contributed by atoms with Crippen LogP contribution in [0.3, 0.4) is 0 Å². The molecule has 4 nitrogen and oxygen atoms in total. The average molecular weight is 464 g/mol. The number of carbonyl (C=O) groups excluding carboxylic acids is 1. The highest BCUT2D eigenvalue weighted by atomic mass is 19.1. The first-order chi connectivity index (χ1) is 16.4. The van der Waals surface area contributed by atoms with Crippen molar-refractivity contribution >= 4 is 16.8 Å². The zero-order valence-corrected chi connectivity index (χ0v) is 21.0. The fraction of sp³-hybridized carbons (Fsp3) is 0.483. The molecule has 1 amide bonds. The van der Waals surface area contributed by atoms with Crippen LogP contribution in [-0.4, -0.2) is 41.3 Å². The number of hydrogen-bond donors (Lipinski definition) is 1. The molecule has 1 aromatic heterocycles. The largest absolute Gasteiger partial charge is 0.356 e. The minimum atomic E-state index is -0.302. The van der Waals surface area contributed by atoms with Crippen molar-refractivity contribution in [2.75, 3.05) is 20.6 Å². The van der Waals surface area contributed by atoms with Gasteiger partial charge in [0.15, 0.2) is 0 Å². The number of hydrogen-bond acceptors (Lipinski definition) is 2. The number of H-pyrrole nitrogens is 1. The van der Waals surface area contributed by atoms with Crippen LogP contribution < -0.4 is 0 Å². The van der Waals surface area contributed by atoms with Gasteiger partial charge in [-0.25, -0.2) is 4.39 Å². The highest BCUT2D eigenvalue weighted by molar-refractivity contribution is 5.86. The van der Waals surface area contributed by atoms with E-state index >= 15 is 0 Å². The second-order valence-electron chi connectivity index (χ2n) is 9.85. The van der Waals surface area contributed by atoms with Crippen LogP contribution in [0.5, 0.6) is 0 Å². The molecule has 34 heavy (non-hydrogen) atoms. The minimum absolute atomic E-state index is 0.0000553. The van der Waals surface area contributed by atoms with Gasteiger partial charge in [-0.2, -0.15) is 0 Å². The Hall–Kier alpha value is -2.66. The molecule has 4 rings (SSSR count). The van der Waals surface area contributed by atoms with E-state index in [1.165, 1.54) is 22.7 Å². The van der Waals surface area contributed by atoms with Gasteiger partial charge < -0.3 is 9.88 Å². The van der Waals surface area contributed by atoms with Gasteiger partial charge in [0.05, 0.1) is 6.04 Å². The van der Waals surface area contributed by atoms with E-state index in [2.05, 4.69) is 67.0 Å². The summed E-state index contributed by atoms with van der Waals surface area (Å²) in [5.74, 6) is 0.0398. The number of benzene rings is 2. The molecule has 182 valence electrons. The molecule has 1 aliphatic rings. The molecule has 2 aromatic carbocycles. The number of unbranched alkanes of at least 4 members (excludes halogenated alkanes) is 1. The molecule has 0 bridgehead atoms. The summed E-state index contributed by atoms with van der Waals surface area (Å²) in [6.07, 6.45) is 5.92. The van der Waals surface area contributed by atoms with E-state index in [9.17, 15) is 9.18 Å². The number of fused-ring (bicyclic) bond motifs is 3. The van der Waals surface area contributed by atoms with Gasteiger partial charge >= 0.3 is 0 Å². The van der Waals surface area contributed by atoms with Crippen LogP contribution in [0.2, 0.25) is 0 Å². The summed E-state index contributed by atoms with van der Waals surface area (Å²) in [6, 6.07) is 15.5. The second kappa shape index (κ2) is 10.3. The zero-order valence-electron chi connectivity index (χ0n) is 21.0. The van der Waals surface area contributed by atoms with Crippen molar-refractivity contribution in [3.05, 3.63) is 71.2 Å². The summed E-state index contributed by atoms with van der Waals surface area (Å²) >= 11 is 0. The fourth-order valence-electron chi connectivity index (χ4n) is 5.87. The van der Waals surface area contributed by atoms with Gasteiger partial charge in [-0.15, -0.1) is 0 Å². The van der Waals surface area contributed by atoms with Crippen LogP contribution in [0.15, 0.2) is 48.5 Å². The lowest BCUT2D eigenvalue weighted by Crippen LogP contribution is -2.44. The third kappa shape index (κ3) is 4.50. The standard InChI is InChI=1S/C29H38FN3O/c1-5-7-15-27(34)33-19-17-24-23-13-8-9-14-25(23)31-28(24)26(33)16-18-29(6-2,32(3)4)21-11-10-12-22(30)20-21/h8-14,20,26,31H,5-7,15-19H2,1-4H3. The first-order valence-electron chi connectivity index (χ1n) is 12.7. The Balaban J connectivity index is 1.71. The average Bonchev–Trinajstić information content (AvgIpc) is 3.22. The van der Waals surface area contributed by atoms with E-state index in [4.69, 9.17) is 0 Å². The van der Waals surface area contributed by atoms with E-state index in [0.717, 1.165) is 56.1 Å². The molecule has 0 saturated carbocycles. The number of amides is 1. The van der Waals surface area contributed by atoms with Crippen molar-refractivity contribution in [1.29, 1.82) is 0 Å². The Kier molecular flexibility index (Phi) is 7.42. The van der Waals surface area contributed by atoms with Gasteiger partial charge in [0, 0.05) is 35.1 Å². The molecular formula is C29H38FN3O. The fourth-order valence-corrected chi connectivity index (χ4v) is 5.87. The maximum Gasteiger partial charge on any atom is 0.223 e. The normalized spacial score (nSPS) is 17.7. The monoisotopic (exact) mass is 463 g/mol. The van der Waals surface area contributed by atoms with Crippen LogP contribution in [0.4, 0.5) is 4.39 Å². The van der Waals surface area contributed by atoms with Crippen molar-refractivity contribution in [1.82, 2.24) is 14.8 Å². The van der Waals surface area contributed by atoms with Gasteiger partial charge in [0.25, 0.3) is 0 Å². The third-order valence-electron chi connectivity index (χ3n) is 7.86. The molecule has 2 unspecified atom stereocenters. The molecular weight excluding hydrogens is 425 g/mol. The number of aromatic amines is 1. The van der Waals surface area contributed by atoms with Crippen LogP contribution >= 0.6 is 0 Å². The quantitative estimate of drug-likeness (QED) is 0.390. The predicted molar refractivity (Wildman–Crippen MR) is 137 cm³/mol. The van der Waals surface area contributed by atoms with E-state index in [1.807, 2.05) is 6.07 Å². The molecule has 5 heteroatoms. The Labute approximate surface area is 203 Å². The number of nitrogens with one attached hydrogen (secondary N) is 1. The van der Waals surface area contributed by atoms with Crippen LogP contribution in [0, 0.1) is 5.82 Å². The van der Waals surface area contributed by atoms with E-state index in [1.54, 1.807) is 12.1 Å². The lowest BCUT2D eigenvalue weighted by Gasteiger charge is -2.43. The highest BCUT2D eigenvalue weighted by Crippen LogP contribution is 2.42. The Bertz CT molecular complexity index is 1140. The Morgan fingerprint density at radius 2 is 1.97 bits per heavy atom. The number of carbonyl (C=O) groups is 1. The second-order valence-corrected chi connectivity index (χ2v) is 9.85. The Morgan fingerprint density at radius 1 is 1.18 bits per heavy atom. The number of halogens is 1. The number of nitrogens with zero attached hydrogens (tertiary/aromatic N) is 2. The molecule has 2 heterocycles. The summed E-state index contributed by atoms with van der Waals surface area (Å²) in [6.45, 7) is 5.05. The molecule has 3 aromatic rings. The maximum absolute atomic E-state index is 14.2. The summed E-state index contributed by atoms with van der Waals surface area (Å²) < 4.78 is 14.2. The van der Waals surface area contributed by atoms with Crippen molar-refractivity contribution in [3.63, 3.8) is 0 Å². The smallest absolute Gasteiger partial charge is 0.223 e. The van der Waals surface area contributed by atoms with Crippen molar-refractivity contribution in [2.24, 2.45) is 0 Å². The highest BCUT2D eigenvalue weighted by Gasteiger charge is 2.38. The molecule has 0 radical (unpaired) electrons. The lowest BCUT2D eigenvalue weighted by molar-refractivity contribution is -0.134. The number of aromatic nitrogens is 1. The van der Waals surface area contributed by atoms with E-state index in [0.29, 0.717) is 6.42 Å². The van der Waals surface area contributed by atoms with Gasteiger partial charge in [-0.05, 0) is 75.5 Å². The molecule has 0 aliphatic carbocycles. The third-order valence-corrected chi connectivity index (χ3v) is 7.86. The van der Waals surface area contributed by atoms with Crippen LogP contribution in [0.25, 0.3) is 10.9 Å². The maximum atomic E-state index is 14.2. The Morgan fingerprint density at radius 3 is 2.68 bits per heavy atom. The number of para-hydroxylation sites is 1. The molecule has 1 aliphatic heterocycles. The molecule has 1 N–H and O–H groups in total. The van der Waals surface area contributed by atoms with Gasteiger partial charge in [-0.1, -0.05) is 50.6 Å². The van der Waals surface area contributed by atoms with E-state index in [-0.39, 0.29) is 23.3 Å². The van der Waals surface area contributed by atoms with Crippen molar-refractivity contribution < 1.29 is 9.18 Å².